The van der Waals surface area contributed by atoms with E-state index in [1.54, 1.807) is 0 Å². The zero-order valence-corrected chi connectivity index (χ0v) is 17.4. The second-order valence-electron chi connectivity index (χ2n) is 8.01. The Kier molecular flexibility index (Phi) is 6.20. The van der Waals surface area contributed by atoms with Gasteiger partial charge < -0.3 is 15.0 Å². The number of nitrogens with one attached hydrogen (secondary N) is 1. The highest BCUT2D eigenvalue weighted by Crippen LogP contribution is 2.32. The van der Waals surface area contributed by atoms with Crippen LogP contribution in [0.3, 0.4) is 0 Å². The summed E-state index contributed by atoms with van der Waals surface area (Å²) in [4.78, 5) is 17.1. The van der Waals surface area contributed by atoms with Gasteiger partial charge >= 0.3 is 6.18 Å². The number of fused-ring (bicyclic) bond motifs is 1. The fourth-order valence-corrected chi connectivity index (χ4v) is 4.24. The van der Waals surface area contributed by atoms with Gasteiger partial charge in [0.15, 0.2) is 0 Å². The largest absolute Gasteiger partial charge is 0.416 e. The van der Waals surface area contributed by atoms with E-state index in [0.717, 1.165) is 43.8 Å². The second kappa shape index (κ2) is 8.88. The second-order valence-corrected chi connectivity index (χ2v) is 8.01. The van der Waals surface area contributed by atoms with Gasteiger partial charge in [-0.2, -0.15) is 13.2 Å². The van der Waals surface area contributed by atoms with Gasteiger partial charge in [0.25, 0.3) is 5.91 Å². The van der Waals surface area contributed by atoms with E-state index >= 15 is 0 Å². The molecule has 2 aliphatic rings. The fourth-order valence-electron chi connectivity index (χ4n) is 4.24. The van der Waals surface area contributed by atoms with Crippen molar-refractivity contribution < 1.29 is 22.7 Å². The Morgan fingerprint density at radius 3 is 2.48 bits per heavy atom. The van der Waals surface area contributed by atoms with E-state index in [9.17, 15) is 18.0 Å². The summed E-state index contributed by atoms with van der Waals surface area (Å²) in [6, 6.07) is 10.7. The van der Waals surface area contributed by atoms with Crippen molar-refractivity contribution >= 4 is 11.6 Å². The molecular weight excluding hydrogens is 407 g/mol. The van der Waals surface area contributed by atoms with Crippen LogP contribution in [0.5, 0.6) is 0 Å². The van der Waals surface area contributed by atoms with Crippen molar-refractivity contribution in [2.24, 2.45) is 0 Å². The van der Waals surface area contributed by atoms with Crippen LogP contribution in [0.1, 0.15) is 33.1 Å². The number of nitrogens with zero attached hydrogens (tertiary/aromatic N) is 2. The van der Waals surface area contributed by atoms with Crippen LogP contribution in [0.25, 0.3) is 0 Å². The summed E-state index contributed by atoms with van der Waals surface area (Å²) in [5.41, 5.74) is 3.11. The molecule has 0 aromatic heterocycles. The maximum atomic E-state index is 12.8. The van der Waals surface area contributed by atoms with Crippen LogP contribution >= 0.6 is 0 Å². The molecular formula is C23H26F3N3O2. The highest BCUT2D eigenvalue weighted by atomic mass is 19.4. The summed E-state index contributed by atoms with van der Waals surface area (Å²) in [6.45, 7) is 4.16. The molecule has 31 heavy (non-hydrogen) atoms. The molecule has 2 heterocycles. The van der Waals surface area contributed by atoms with Crippen molar-refractivity contribution in [2.45, 2.75) is 18.6 Å². The average molecular weight is 433 g/mol. The molecule has 0 bridgehead atoms. The van der Waals surface area contributed by atoms with Crippen molar-refractivity contribution in [3.8, 4) is 0 Å². The van der Waals surface area contributed by atoms with Gasteiger partial charge in [0.05, 0.1) is 24.8 Å². The zero-order valence-electron chi connectivity index (χ0n) is 17.4. The number of halogens is 3. The highest BCUT2D eigenvalue weighted by molar-refractivity contribution is 5.94. The highest BCUT2D eigenvalue weighted by Gasteiger charge is 2.30. The molecule has 166 valence electrons. The third-order valence-corrected chi connectivity index (χ3v) is 6.03. The number of benzene rings is 2. The van der Waals surface area contributed by atoms with E-state index < -0.39 is 11.7 Å². The molecule has 8 heteroatoms. The normalized spacial score (nSPS) is 18.0. The van der Waals surface area contributed by atoms with Crippen LogP contribution in [0, 0.1) is 0 Å². The predicted octanol–water partition coefficient (Wildman–Crippen LogP) is 3.50. The molecule has 2 aliphatic heterocycles. The summed E-state index contributed by atoms with van der Waals surface area (Å²) in [5, 5.41) is 2.92. The van der Waals surface area contributed by atoms with Gasteiger partial charge in [-0.15, -0.1) is 0 Å². The molecule has 4 rings (SSSR count). The lowest BCUT2D eigenvalue weighted by Crippen LogP contribution is -2.43. The lowest BCUT2D eigenvalue weighted by molar-refractivity contribution is -0.137. The van der Waals surface area contributed by atoms with Gasteiger partial charge in [0.2, 0.25) is 0 Å². The van der Waals surface area contributed by atoms with Crippen LogP contribution in [-0.2, 0) is 17.3 Å². The first-order valence-corrected chi connectivity index (χ1v) is 10.4. The predicted molar refractivity (Wildman–Crippen MR) is 112 cm³/mol. The Morgan fingerprint density at radius 1 is 1.10 bits per heavy atom. The topological polar surface area (TPSA) is 44.8 Å². The van der Waals surface area contributed by atoms with Gasteiger partial charge in [-0.25, -0.2) is 0 Å². The molecule has 0 saturated carbocycles. The Morgan fingerprint density at radius 2 is 1.81 bits per heavy atom. The van der Waals surface area contributed by atoms with E-state index in [0.29, 0.717) is 19.8 Å². The number of hydrogen-bond donors (Lipinski definition) is 1. The average Bonchev–Trinajstić information content (AvgIpc) is 3.14. The van der Waals surface area contributed by atoms with E-state index in [4.69, 9.17) is 4.74 Å². The minimum Gasteiger partial charge on any atom is -0.379 e. The number of carbonyl (C=O) groups is 1. The number of rotatable bonds is 5. The van der Waals surface area contributed by atoms with Crippen LogP contribution in [0.2, 0.25) is 0 Å². The molecule has 2 aromatic rings. The number of anilines is 1. The van der Waals surface area contributed by atoms with E-state index in [1.807, 2.05) is 0 Å². The quantitative estimate of drug-likeness (QED) is 0.784. The minimum atomic E-state index is -4.42. The molecule has 1 fully saturated rings. The van der Waals surface area contributed by atoms with Crippen LogP contribution in [-0.4, -0.2) is 57.2 Å². The zero-order chi connectivity index (χ0) is 22.0. The molecule has 1 unspecified atom stereocenters. The minimum absolute atomic E-state index is 0.0292. The number of ether oxygens (including phenoxy) is 1. The van der Waals surface area contributed by atoms with E-state index in [-0.39, 0.29) is 17.5 Å². The van der Waals surface area contributed by atoms with Crippen LogP contribution in [0.15, 0.2) is 42.5 Å². The van der Waals surface area contributed by atoms with E-state index in [1.165, 1.54) is 23.4 Å². The Balaban J connectivity index is 1.49. The molecule has 0 spiro atoms. The molecule has 2 aromatic carbocycles. The number of carbonyl (C=O) groups excluding carboxylic acids is 1. The van der Waals surface area contributed by atoms with Gasteiger partial charge in [-0.1, -0.05) is 12.1 Å². The first kappa shape index (κ1) is 21.6. The van der Waals surface area contributed by atoms with Gasteiger partial charge in [-0.05, 0) is 47.9 Å². The van der Waals surface area contributed by atoms with Crippen molar-refractivity contribution in [2.75, 3.05) is 51.3 Å². The summed E-state index contributed by atoms with van der Waals surface area (Å²) < 4.78 is 43.8. The summed E-state index contributed by atoms with van der Waals surface area (Å²) >= 11 is 0. The number of morpholine rings is 1. The molecule has 5 nitrogen and oxygen atoms in total. The molecule has 1 amide bonds. The van der Waals surface area contributed by atoms with Crippen molar-refractivity contribution in [3.63, 3.8) is 0 Å². The van der Waals surface area contributed by atoms with Crippen LogP contribution in [0.4, 0.5) is 18.9 Å². The first-order valence-electron chi connectivity index (χ1n) is 10.4. The molecule has 1 saturated heterocycles. The lowest BCUT2D eigenvalue weighted by Gasteiger charge is -2.35. The van der Waals surface area contributed by atoms with Crippen molar-refractivity contribution in [1.29, 1.82) is 0 Å². The van der Waals surface area contributed by atoms with Crippen molar-refractivity contribution in [1.82, 2.24) is 10.2 Å². The number of hydrogen-bond acceptors (Lipinski definition) is 4. The third-order valence-electron chi connectivity index (χ3n) is 6.03. The van der Waals surface area contributed by atoms with Gasteiger partial charge in [-0.3, -0.25) is 9.69 Å². The number of amides is 1. The monoisotopic (exact) mass is 433 g/mol. The summed E-state index contributed by atoms with van der Waals surface area (Å²) in [6.07, 6.45) is -3.43. The number of likely N-dealkylation sites (N-methyl/N-ethyl adjacent to an activating group) is 1. The molecule has 0 aliphatic carbocycles. The first-order chi connectivity index (χ1) is 14.8. The Bertz CT molecular complexity index is 925. The summed E-state index contributed by atoms with van der Waals surface area (Å²) in [7, 11) is 2.08. The third kappa shape index (κ3) is 4.85. The Labute approximate surface area is 179 Å². The lowest BCUT2D eigenvalue weighted by atomic mass is 10.00. The maximum absolute atomic E-state index is 12.8. The van der Waals surface area contributed by atoms with Gasteiger partial charge in [0, 0.05) is 44.5 Å². The molecule has 1 atom stereocenters. The summed E-state index contributed by atoms with van der Waals surface area (Å²) in [5.74, 6) is -0.382. The maximum Gasteiger partial charge on any atom is 0.416 e. The molecule has 0 radical (unpaired) electrons. The van der Waals surface area contributed by atoms with Crippen LogP contribution < -0.4 is 10.2 Å². The smallest absolute Gasteiger partial charge is 0.379 e. The van der Waals surface area contributed by atoms with Gasteiger partial charge in [0.1, 0.15) is 0 Å². The SMILES string of the molecule is CN1CCc2cc(C(CNC(=O)c3ccc(C(F)(F)F)cc3)N3CCOCC3)ccc21. The fraction of sp³-hybridized carbons (Fsp3) is 0.435. The Hall–Kier alpha value is -2.58. The standard InChI is InChI=1S/C23H26F3N3O2/c1-28-9-8-18-14-17(4-7-20(18)28)21(29-10-12-31-13-11-29)15-27-22(30)16-2-5-19(6-3-16)23(24,25)26/h2-7,14,21H,8-13,15H2,1H3,(H,27,30). The van der Waals surface area contributed by atoms with E-state index in [2.05, 4.69) is 40.4 Å². The van der Waals surface area contributed by atoms with Crippen molar-refractivity contribution in [3.05, 3.63) is 64.7 Å². The number of alkyl halides is 3. The molecule has 1 N–H and O–H groups in total.